The van der Waals surface area contributed by atoms with Gasteiger partial charge in [0, 0.05) is 0 Å². The Kier molecular flexibility index (Phi) is 96.1. The van der Waals surface area contributed by atoms with Crippen LogP contribution in [0.5, 0.6) is 0 Å². The Morgan fingerprint density at radius 2 is 0.647 bits per heavy atom. The van der Waals surface area contributed by atoms with Crippen LogP contribution in [-0.2, 0) is 0 Å². The first-order valence-corrected chi connectivity index (χ1v) is 9.26. The van der Waals surface area contributed by atoms with Gasteiger partial charge in [-0.3, -0.25) is 0 Å². The molecule has 17 heavy (non-hydrogen) atoms. The summed E-state index contributed by atoms with van der Waals surface area (Å²) in [5.74, 6) is 0. The van der Waals surface area contributed by atoms with Gasteiger partial charge in [-0.2, -0.15) is 0 Å². The third-order valence-corrected chi connectivity index (χ3v) is 0. The first-order valence-electron chi connectivity index (χ1n) is 3.09. The minimum atomic E-state index is -2.36. The predicted octanol–water partition coefficient (Wildman–Crippen LogP) is -9.04. The quantitative estimate of drug-likeness (QED) is 0.198. The molecule has 0 aliphatic heterocycles. The van der Waals surface area contributed by atoms with E-state index in [1.165, 1.54) is 0 Å². The van der Waals surface area contributed by atoms with Crippen LogP contribution in [0.25, 0.3) is 0 Å². The summed E-state index contributed by atoms with van der Waals surface area (Å²) in [6.07, 6.45) is 0. The molecule has 106 valence electrons. The standard InChI is InChI=1S/2C3H8FSi.CH4.4ClH.2Sn/c2*1-5(2,3)4;;;;;;;/h2*1H2,2-3H3;1H4;4*1H;;/q;;;;;;;2*+2/p-4. The van der Waals surface area contributed by atoms with E-state index in [0.29, 0.717) is 0 Å². The third-order valence-electron chi connectivity index (χ3n) is 0. The molecule has 0 nitrogen and oxygen atoms in total. The van der Waals surface area contributed by atoms with Crippen LogP contribution in [0.3, 0.4) is 0 Å². The van der Waals surface area contributed by atoms with E-state index in [1.54, 1.807) is 26.2 Å². The maximum absolute atomic E-state index is 11.7. The molecule has 10 heteroatoms. The van der Waals surface area contributed by atoms with Gasteiger partial charge in [0.1, 0.15) is 0 Å². The summed E-state index contributed by atoms with van der Waals surface area (Å²) < 4.78 is 23.4. The topological polar surface area (TPSA) is 0 Å². The zero-order valence-corrected chi connectivity index (χ0v) is 20.4. The Hall–Kier alpha value is 3.05. The monoisotopic (exact) mass is 578 g/mol. The van der Waals surface area contributed by atoms with Crippen LogP contribution in [0.15, 0.2) is 0 Å². The van der Waals surface area contributed by atoms with Gasteiger partial charge in [-0.1, -0.05) is 7.43 Å². The number of hydrogen-bond acceptors (Lipinski definition) is 0. The molecule has 0 heterocycles. The Bertz CT molecular complexity index is 78.9. The van der Waals surface area contributed by atoms with Crippen molar-refractivity contribution in [2.45, 2.75) is 33.6 Å². The van der Waals surface area contributed by atoms with Crippen LogP contribution in [-0.4, -0.2) is 64.6 Å². The molecule has 0 rings (SSSR count). The number of rotatable bonds is 0. The van der Waals surface area contributed by atoms with Crippen molar-refractivity contribution >= 4 is 64.6 Å². The number of halogens is 6. The first kappa shape index (κ1) is 59.6. The largest absolute Gasteiger partial charge is 2.00 e. The van der Waals surface area contributed by atoms with Crippen molar-refractivity contribution in [3.63, 3.8) is 0 Å². The summed E-state index contributed by atoms with van der Waals surface area (Å²) >= 11 is 0. The molecule has 0 saturated heterocycles. The van der Waals surface area contributed by atoms with Gasteiger partial charge in [0.25, 0.3) is 0 Å². The fourth-order valence-corrected chi connectivity index (χ4v) is 0. The van der Waals surface area contributed by atoms with Gasteiger partial charge in [0.15, 0.2) is 0 Å². The van der Waals surface area contributed by atoms with Gasteiger partial charge in [-0.05, 0) is 39.3 Å². The molecular weight excluding hydrogens is 557 g/mol. The fourth-order valence-electron chi connectivity index (χ4n) is 0. The average molecular weight is 578 g/mol. The summed E-state index contributed by atoms with van der Waals surface area (Å²) in [6.45, 7) is 12.7. The van der Waals surface area contributed by atoms with Crippen LogP contribution in [0.2, 0.25) is 26.2 Å². The molecule has 0 aromatic carbocycles. The van der Waals surface area contributed by atoms with Crippen LogP contribution in [0, 0.1) is 13.1 Å². The summed E-state index contributed by atoms with van der Waals surface area (Å²) in [7, 11) is -4.72. The van der Waals surface area contributed by atoms with Crippen LogP contribution in [0.4, 0.5) is 8.22 Å². The van der Waals surface area contributed by atoms with Gasteiger partial charge in [0.05, 0.1) is 0 Å². The molecule has 0 fully saturated rings. The minimum Gasteiger partial charge on any atom is -1.00 e. The third kappa shape index (κ3) is 595. The zero-order valence-electron chi connectivity index (χ0n) is 9.68. The van der Waals surface area contributed by atoms with E-state index in [4.69, 9.17) is 0 Å². The van der Waals surface area contributed by atoms with E-state index < -0.39 is 16.8 Å². The first-order chi connectivity index (χ1) is 4.00. The van der Waals surface area contributed by atoms with Gasteiger partial charge in [0.2, 0.25) is 16.8 Å². The summed E-state index contributed by atoms with van der Waals surface area (Å²) in [5.41, 5.74) is 0. The maximum atomic E-state index is 11.7. The Morgan fingerprint density at radius 1 is 0.647 bits per heavy atom. The summed E-state index contributed by atoms with van der Waals surface area (Å²) in [4.78, 5) is 0. The average Bonchev–Trinajstić information content (AvgIpc) is 1.12. The van der Waals surface area contributed by atoms with Crippen molar-refractivity contribution in [1.82, 2.24) is 0 Å². The van der Waals surface area contributed by atoms with Crippen LogP contribution < -0.4 is 49.6 Å². The second-order valence-electron chi connectivity index (χ2n) is 3.44. The molecule has 0 bridgehead atoms. The molecule has 0 spiro atoms. The molecule has 0 aromatic heterocycles. The maximum Gasteiger partial charge on any atom is 2.00 e. The van der Waals surface area contributed by atoms with Gasteiger partial charge in [-0.15, -0.1) is 0 Å². The van der Waals surface area contributed by atoms with Crippen molar-refractivity contribution in [2.24, 2.45) is 0 Å². The van der Waals surface area contributed by atoms with Crippen molar-refractivity contribution in [2.75, 3.05) is 0 Å². The van der Waals surface area contributed by atoms with Crippen LogP contribution >= 0.6 is 0 Å². The molecule has 0 aromatic rings. The van der Waals surface area contributed by atoms with Crippen LogP contribution in [0.1, 0.15) is 7.43 Å². The van der Waals surface area contributed by atoms with Crippen molar-refractivity contribution in [3.05, 3.63) is 13.1 Å². The van der Waals surface area contributed by atoms with E-state index in [1.807, 2.05) is 0 Å². The minimum absolute atomic E-state index is 0. The molecule has 6 radical (unpaired) electrons. The summed E-state index contributed by atoms with van der Waals surface area (Å²) in [6, 6.07) is 0. The second kappa shape index (κ2) is 27.4. The van der Waals surface area contributed by atoms with E-state index in [0.717, 1.165) is 0 Å². The zero-order chi connectivity index (χ0) is 9.00. The van der Waals surface area contributed by atoms with E-state index in [9.17, 15) is 8.22 Å². The van der Waals surface area contributed by atoms with Gasteiger partial charge < -0.3 is 57.8 Å². The molecule has 0 N–H and O–H groups in total. The second-order valence-corrected chi connectivity index (χ2v) is 10.3. The van der Waals surface area contributed by atoms with Crippen molar-refractivity contribution in [1.29, 1.82) is 0 Å². The molecule has 0 aliphatic carbocycles. The van der Waals surface area contributed by atoms with E-state index in [-0.39, 0.29) is 105 Å². The Labute approximate surface area is 167 Å². The molecule has 0 atom stereocenters. The normalized spacial score (nSPS) is 7.06. The fraction of sp³-hybridized carbons (Fsp3) is 0.714. The van der Waals surface area contributed by atoms with E-state index in [2.05, 4.69) is 13.1 Å². The SMILES string of the molecule is C.[CH2][Si](C)(C)F.[CH2][Si](C)(C)F.[Cl-].[Cl-].[Cl-].[Cl-].[Sn+2].[Sn+2]. The molecule has 0 saturated carbocycles. The van der Waals surface area contributed by atoms with Crippen molar-refractivity contribution < 1.29 is 57.8 Å². The molecular formula is C7H20Cl4F2Si2Sn2. The molecule has 0 unspecified atom stereocenters. The summed E-state index contributed by atoms with van der Waals surface area (Å²) in [5, 5.41) is 0. The van der Waals surface area contributed by atoms with E-state index >= 15 is 0 Å². The molecule has 0 amide bonds. The molecule has 0 aliphatic rings. The smallest absolute Gasteiger partial charge is 1.00 e. The van der Waals surface area contributed by atoms with Gasteiger partial charge >= 0.3 is 47.8 Å². The Morgan fingerprint density at radius 3 is 0.647 bits per heavy atom. The van der Waals surface area contributed by atoms with Gasteiger partial charge in [-0.25, -0.2) is 0 Å². The van der Waals surface area contributed by atoms with Crippen molar-refractivity contribution in [3.8, 4) is 0 Å². The number of hydrogen-bond donors (Lipinski definition) is 0. The Balaban J connectivity index is -0.00000000762. The predicted molar refractivity (Wildman–Crippen MR) is 66.1 cm³/mol.